The van der Waals surface area contributed by atoms with Gasteiger partial charge in [0.25, 0.3) is 10.0 Å². The largest absolute Gasteiger partial charge is 0.444 e. The van der Waals surface area contributed by atoms with Crippen molar-refractivity contribution in [2.45, 2.75) is 31.3 Å². The van der Waals surface area contributed by atoms with Crippen LogP contribution in [0.1, 0.15) is 20.8 Å². The van der Waals surface area contributed by atoms with E-state index in [4.69, 9.17) is 4.74 Å². The van der Waals surface area contributed by atoms with Crippen molar-refractivity contribution < 1.29 is 26.7 Å². The molecule has 1 fully saturated rings. The van der Waals surface area contributed by atoms with Crippen molar-refractivity contribution >= 4 is 44.3 Å². The zero-order valence-corrected chi connectivity index (χ0v) is 25.8. The molecular weight excluding hydrogens is 592 g/mol. The van der Waals surface area contributed by atoms with E-state index in [-0.39, 0.29) is 11.8 Å². The standard InChI is InChI=1S/C30H33F2N7O4S/c1-30(2,3)43-29(40)39-12-10-38(11-13-39)27-22-14-19(6-8-24(22)34-18-35-27)20-15-25(28(33-17-20)37(4)5)36-44(41,42)26-9-7-21(31)16-23(26)32/h6-9,14-18,36H,10-13H2,1-5H3. The van der Waals surface area contributed by atoms with Crippen LogP contribution in [0.3, 0.4) is 0 Å². The zero-order valence-electron chi connectivity index (χ0n) is 25.0. The maximum atomic E-state index is 14.4. The van der Waals surface area contributed by atoms with Gasteiger partial charge in [-0.25, -0.2) is 36.9 Å². The van der Waals surface area contributed by atoms with Gasteiger partial charge in [-0.2, -0.15) is 0 Å². The first-order valence-electron chi connectivity index (χ1n) is 13.8. The predicted octanol–water partition coefficient (Wildman–Crippen LogP) is 4.89. The molecule has 0 aliphatic carbocycles. The topological polar surface area (TPSA) is 121 Å². The first-order chi connectivity index (χ1) is 20.7. The Labute approximate surface area is 254 Å². The number of fused-ring (bicyclic) bond motifs is 1. The molecule has 4 aromatic rings. The lowest BCUT2D eigenvalue weighted by Crippen LogP contribution is -2.50. The summed E-state index contributed by atoms with van der Waals surface area (Å²) in [6, 6.07) is 9.44. The van der Waals surface area contributed by atoms with E-state index in [1.54, 1.807) is 36.2 Å². The summed E-state index contributed by atoms with van der Waals surface area (Å²) >= 11 is 0. The van der Waals surface area contributed by atoms with Gasteiger partial charge in [-0.15, -0.1) is 0 Å². The van der Waals surface area contributed by atoms with Crippen LogP contribution < -0.4 is 14.5 Å². The number of rotatable bonds is 6. The molecule has 1 N–H and O–H groups in total. The number of piperazine rings is 1. The van der Waals surface area contributed by atoms with Gasteiger partial charge < -0.3 is 19.4 Å². The quantitative estimate of drug-likeness (QED) is 0.319. The second kappa shape index (κ2) is 11.8. The van der Waals surface area contributed by atoms with Gasteiger partial charge in [0.1, 0.15) is 34.3 Å². The minimum Gasteiger partial charge on any atom is -0.444 e. The normalized spacial score (nSPS) is 14.1. The highest BCUT2D eigenvalue weighted by Gasteiger charge is 2.27. The predicted molar refractivity (Wildman–Crippen MR) is 164 cm³/mol. The molecule has 1 aliphatic heterocycles. The number of benzene rings is 2. The van der Waals surface area contributed by atoms with Crippen LogP contribution in [0.2, 0.25) is 0 Å². The summed E-state index contributed by atoms with van der Waals surface area (Å²) in [5.41, 5.74) is 1.54. The van der Waals surface area contributed by atoms with Gasteiger partial charge in [-0.3, -0.25) is 4.72 Å². The Morgan fingerprint density at radius 3 is 2.34 bits per heavy atom. The molecule has 1 aliphatic rings. The lowest BCUT2D eigenvalue weighted by molar-refractivity contribution is 0.0240. The molecule has 3 heterocycles. The fourth-order valence-electron chi connectivity index (χ4n) is 4.84. The molecule has 0 spiro atoms. The number of pyridine rings is 1. The third-order valence-corrected chi connectivity index (χ3v) is 8.30. The van der Waals surface area contributed by atoms with Crippen LogP contribution in [0, 0.1) is 11.6 Å². The van der Waals surface area contributed by atoms with E-state index in [1.165, 1.54) is 6.33 Å². The number of hydrogen-bond donors (Lipinski definition) is 1. The van der Waals surface area contributed by atoms with Crippen molar-refractivity contribution in [2.24, 2.45) is 0 Å². The average molecular weight is 626 g/mol. The third-order valence-electron chi connectivity index (χ3n) is 6.90. The Hall–Kier alpha value is -4.59. The monoisotopic (exact) mass is 625 g/mol. The van der Waals surface area contributed by atoms with Crippen molar-refractivity contribution in [1.29, 1.82) is 0 Å². The molecule has 0 bridgehead atoms. The zero-order chi connectivity index (χ0) is 31.8. The molecule has 11 nitrogen and oxygen atoms in total. The lowest BCUT2D eigenvalue weighted by atomic mass is 10.0. The van der Waals surface area contributed by atoms with Crippen LogP contribution in [0.25, 0.3) is 22.0 Å². The molecule has 232 valence electrons. The van der Waals surface area contributed by atoms with Gasteiger partial charge >= 0.3 is 6.09 Å². The number of ether oxygens (including phenoxy) is 1. The first kappa shape index (κ1) is 30.9. The number of hydrogen-bond acceptors (Lipinski definition) is 9. The van der Waals surface area contributed by atoms with Gasteiger partial charge in [0.2, 0.25) is 0 Å². The molecular formula is C30H33F2N7O4S. The van der Waals surface area contributed by atoms with Crippen molar-refractivity contribution in [3.63, 3.8) is 0 Å². The second-order valence-corrected chi connectivity index (χ2v) is 13.2. The Morgan fingerprint density at radius 2 is 1.68 bits per heavy atom. The molecule has 2 aromatic heterocycles. The second-order valence-electron chi connectivity index (χ2n) is 11.6. The van der Waals surface area contributed by atoms with E-state index >= 15 is 0 Å². The fourth-order valence-corrected chi connectivity index (χ4v) is 5.95. The van der Waals surface area contributed by atoms with Crippen molar-refractivity contribution in [3.05, 3.63) is 66.6 Å². The Balaban J connectivity index is 1.45. The lowest BCUT2D eigenvalue weighted by Gasteiger charge is -2.36. The molecule has 44 heavy (non-hydrogen) atoms. The van der Waals surface area contributed by atoms with Crippen LogP contribution in [-0.2, 0) is 14.8 Å². The number of halogens is 2. The molecule has 0 radical (unpaired) electrons. The van der Waals surface area contributed by atoms with Gasteiger partial charge in [0.05, 0.1) is 11.2 Å². The number of carbonyl (C=O) groups is 1. The summed E-state index contributed by atoms with van der Waals surface area (Å²) in [6.45, 7) is 7.51. The van der Waals surface area contributed by atoms with Crippen LogP contribution in [-0.4, -0.2) is 80.2 Å². The number of amides is 1. The number of anilines is 3. The van der Waals surface area contributed by atoms with E-state index in [1.807, 2.05) is 39.0 Å². The Bertz CT molecular complexity index is 1820. The summed E-state index contributed by atoms with van der Waals surface area (Å²) in [6.07, 6.45) is 2.75. The molecule has 14 heteroatoms. The SMILES string of the molecule is CN(C)c1ncc(-c2ccc3ncnc(N4CCN(C(=O)OC(C)(C)C)CC4)c3c2)cc1NS(=O)(=O)c1ccc(F)cc1F. The van der Waals surface area contributed by atoms with Crippen LogP contribution in [0.5, 0.6) is 0 Å². The summed E-state index contributed by atoms with van der Waals surface area (Å²) in [7, 11) is -1.02. The summed E-state index contributed by atoms with van der Waals surface area (Å²) < 4.78 is 62.0. The van der Waals surface area contributed by atoms with Crippen molar-refractivity contribution in [2.75, 3.05) is 54.8 Å². The maximum absolute atomic E-state index is 14.4. The van der Waals surface area contributed by atoms with Crippen LogP contribution in [0.4, 0.5) is 30.9 Å². The van der Waals surface area contributed by atoms with E-state index in [9.17, 15) is 22.0 Å². The minimum atomic E-state index is -4.41. The molecule has 2 aromatic carbocycles. The maximum Gasteiger partial charge on any atom is 0.410 e. The molecule has 0 saturated carbocycles. The third kappa shape index (κ3) is 6.64. The van der Waals surface area contributed by atoms with Crippen molar-refractivity contribution in [3.8, 4) is 11.1 Å². The van der Waals surface area contributed by atoms with Crippen LogP contribution >= 0.6 is 0 Å². The van der Waals surface area contributed by atoms with Gasteiger partial charge in [0.15, 0.2) is 5.82 Å². The molecule has 5 rings (SSSR count). The van der Waals surface area contributed by atoms with E-state index in [0.29, 0.717) is 60.5 Å². The minimum absolute atomic E-state index is 0.110. The molecule has 1 amide bonds. The fraction of sp³-hybridized carbons (Fsp3) is 0.333. The van der Waals surface area contributed by atoms with E-state index < -0.39 is 32.2 Å². The first-order valence-corrected chi connectivity index (χ1v) is 15.3. The van der Waals surface area contributed by atoms with Gasteiger partial charge in [-0.1, -0.05) is 6.07 Å². The number of sulfonamides is 1. The van der Waals surface area contributed by atoms with E-state index in [2.05, 4.69) is 24.6 Å². The molecule has 0 atom stereocenters. The number of nitrogens with zero attached hydrogens (tertiary/aromatic N) is 6. The molecule has 1 saturated heterocycles. The van der Waals surface area contributed by atoms with Gasteiger partial charge in [0, 0.05) is 63.5 Å². The van der Waals surface area contributed by atoms with Crippen LogP contribution in [0.15, 0.2) is 59.9 Å². The van der Waals surface area contributed by atoms with E-state index in [0.717, 1.165) is 17.5 Å². The summed E-state index contributed by atoms with van der Waals surface area (Å²) in [5.74, 6) is -1.09. The number of nitrogens with one attached hydrogen (secondary N) is 1. The summed E-state index contributed by atoms with van der Waals surface area (Å²) in [5, 5.41) is 0.767. The van der Waals surface area contributed by atoms with Crippen molar-refractivity contribution in [1.82, 2.24) is 19.9 Å². The number of carbonyl (C=O) groups excluding carboxylic acids is 1. The highest BCUT2D eigenvalue weighted by atomic mass is 32.2. The number of aromatic nitrogens is 3. The summed E-state index contributed by atoms with van der Waals surface area (Å²) in [4.78, 5) is 30.6. The molecule has 0 unspecified atom stereocenters. The average Bonchev–Trinajstić information content (AvgIpc) is 2.95. The highest BCUT2D eigenvalue weighted by molar-refractivity contribution is 7.92. The van der Waals surface area contributed by atoms with Gasteiger partial charge in [-0.05, 0) is 56.7 Å². The Morgan fingerprint density at radius 1 is 0.955 bits per heavy atom. The highest BCUT2D eigenvalue weighted by Crippen LogP contribution is 2.34. The smallest absolute Gasteiger partial charge is 0.410 e. The Kier molecular flexibility index (Phi) is 8.30.